The lowest BCUT2D eigenvalue weighted by Gasteiger charge is -2.29. The van der Waals surface area contributed by atoms with Gasteiger partial charge in [-0.1, -0.05) is 30.0 Å². The molecule has 0 unspecified atom stereocenters. The van der Waals surface area contributed by atoms with Gasteiger partial charge in [0.15, 0.2) is 10.8 Å². The van der Waals surface area contributed by atoms with Gasteiger partial charge in [0, 0.05) is 19.2 Å². The van der Waals surface area contributed by atoms with Crippen LogP contribution in [0.4, 0.5) is 10.8 Å². The van der Waals surface area contributed by atoms with Crippen molar-refractivity contribution in [2.75, 3.05) is 43.3 Å². The van der Waals surface area contributed by atoms with Crippen LogP contribution in [0.3, 0.4) is 0 Å². The summed E-state index contributed by atoms with van der Waals surface area (Å²) in [7, 11) is 3.14. The van der Waals surface area contributed by atoms with Gasteiger partial charge in [0.1, 0.15) is 27.6 Å². The van der Waals surface area contributed by atoms with Crippen molar-refractivity contribution in [1.29, 1.82) is 0 Å². The lowest BCUT2D eigenvalue weighted by molar-refractivity contribution is -0.113. The fraction of sp³-hybridized carbons (Fsp3) is 0.429. The quantitative estimate of drug-likeness (QED) is 0.418. The van der Waals surface area contributed by atoms with E-state index in [0.29, 0.717) is 22.8 Å². The summed E-state index contributed by atoms with van der Waals surface area (Å²) in [6, 6.07) is 5.28. The highest BCUT2D eigenvalue weighted by molar-refractivity contribution is 8.00. The summed E-state index contributed by atoms with van der Waals surface area (Å²) < 4.78 is 11.5. The van der Waals surface area contributed by atoms with Crippen LogP contribution in [-0.2, 0) is 4.79 Å². The summed E-state index contributed by atoms with van der Waals surface area (Å²) in [5.41, 5.74) is 1.26. The summed E-state index contributed by atoms with van der Waals surface area (Å²) in [4.78, 5) is 28.3. The van der Waals surface area contributed by atoms with Crippen LogP contribution in [-0.4, -0.2) is 53.9 Å². The number of carbonyl (C=O) groups is 1. The molecule has 1 saturated heterocycles. The zero-order chi connectivity index (χ0) is 21.8. The first-order valence-corrected chi connectivity index (χ1v) is 11.9. The van der Waals surface area contributed by atoms with E-state index in [0.717, 1.165) is 33.9 Å². The van der Waals surface area contributed by atoms with E-state index in [-0.39, 0.29) is 11.7 Å². The van der Waals surface area contributed by atoms with Gasteiger partial charge in [-0.2, -0.15) is 4.98 Å². The average Bonchev–Trinajstić information content (AvgIpc) is 3.23. The Morgan fingerprint density at radius 2 is 2.06 bits per heavy atom. The molecule has 0 aliphatic carbocycles. The molecule has 4 rings (SSSR count). The molecule has 0 bridgehead atoms. The predicted octanol–water partition coefficient (Wildman–Crippen LogP) is 4.07. The summed E-state index contributed by atoms with van der Waals surface area (Å²) in [5, 5.41) is 4.64. The van der Waals surface area contributed by atoms with Crippen LogP contribution < -0.4 is 19.7 Å². The van der Waals surface area contributed by atoms with E-state index < -0.39 is 0 Å². The highest BCUT2D eigenvalue weighted by atomic mass is 32.2. The first-order valence-electron chi connectivity index (χ1n) is 10.1. The lowest BCUT2D eigenvalue weighted by Crippen LogP contribution is -2.32. The summed E-state index contributed by atoms with van der Waals surface area (Å²) in [6.07, 6.45) is 3.86. The number of amides is 1. The second-order valence-electron chi connectivity index (χ2n) is 7.40. The van der Waals surface area contributed by atoms with Crippen molar-refractivity contribution in [2.45, 2.75) is 24.8 Å². The molecule has 10 heteroatoms. The smallest absolute Gasteiger partial charge is 0.234 e. The Bertz CT molecular complexity index is 1070. The normalized spacial score (nSPS) is 14.6. The minimum Gasteiger partial charge on any atom is -0.497 e. The van der Waals surface area contributed by atoms with Crippen molar-refractivity contribution < 1.29 is 14.3 Å². The second-order valence-corrected chi connectivity index (χ2v) is 9.34. The lowest BCUT2D eigenvalue weighted by atomic mass is 10.00. The molecule has 1 aliphatic heterocycles. The molecule has 8 nitrogen and oxygen atoms in total. The number of nitrogens with zero attached hydrogens (tertiary/aromatic N) is 4. The Balaban J connectivity index is 1.45. The van der Waals surface area contributed by atoms with Gasteiger partial charge in [-0.3, -0.25) is 4.79 Å². The minimum absolute atomic E-state index is 0.155. The van der Waals surface area contributed by atoms with Gasteiger partial charge in [0.05, 0.1) is 25.7 Å². The third kappa shape index (κ3) is 5.01. The molecule has 1 aromatic carbocycles. The van der Waals surface area contributed by atoms with Crippen LogP contribution >= 0.6 is 23.1 Å². The molecule has 0 spiro atoms. The van der Waals surface area contributed by atoms with E-state index in [1.54, 1.807) is 43.8 Å². The minimum atomic E-state index is -0.155. The fourth-order valence-electron chi connectivity index (χ4n) is 3.39. The molecule has 1 N–H and O–H groups in total. The Morgan fingerprint density at radius 3 is 2.81 bits per heavy atom. The maximum Gasteiger partial charge on any atom is 0.234 e. The van der Waals surface area contributed by atoms with E-state index >= 15 is 0 Å². The number of piperidine rings is 1. The number of rotatable bonds is 7. The number of hydrogen-bond acceptors (Lipinski definition) is 9. The third-order valence-electron chi connectivity index (χ3n) is 5.22. The number of thiazole rings is 1. The zero-order valence-corrected chi connectivity index (χ0v) is 19.4. The topological polar surface area (TPSA) is 89.5 Å². The summed E-state index contributed by atoms with van der Waals surface area (Å²) >= 11 is 2.98. The molecule has 1 amide bonds. The van der Waals surface area contributed by atoms with Crippen molar-refractivity contribution in [3.63, 3.8) is 0 Å². The first kappa shape index (κ1) is 21.6. The standard InChI is InChI=1S/C21H25N5O3S2/c1-13-6-8-26(9-7-13)21-25-19-18(31-21)20(23-12-22-19)30-11-17(27)24-15-10-14(28-2)4-5-16(15)29-3/h4-5,10,12-13H,6-9,11H2,1-3H3,(H,24,27). The molecule has 1 fully saturated rings. The number of hydrogen-bond donors (Lipinski definition) is 1. The summed E-state index contributed by atoms with van der Waals surface area (Å²) in [5.74, 6) is 2.04. The van der Waals surface area contributed by atoms with Crippen molar-refractivity contribution in [3.8, 4) is 11.5 Å². The van der Waals surface area contributed by atoms with Gasteiger partial charge in [-0.25, -0.2) is 9.97 Å². The second kappa shape index (κ2) is 9.69. The van der Waals surface area contributed by atoms with Gasteiger partial charge >= 0.3 is 0 Å². The Morgan fingerprint density at radius 1 is 1.26 bits per heavy atom. The predicted molar refractivity (Wildman–Crippen MR) is 125 cm³/mol. The molecule has 3 heterocycles. The molecular formula is C21H25N5O3S2. The van der Waals surface area contributed by atoms with Crippen LogP contribution in [0, 0.1) is 5.92 Å². The van der Waals surface area contributed by atoms with E-state index in [1.807, 2.05) is 0 Å². The van der Waals surface area contributed by atoms with Crippen molar-refractivity contribution in [1.82, 2.24) is 15.0 Å². The number of thioether (sulfide) groups is 1. The molecule has 2 aromatic heterocycles. The molecule has 0 saturated carbocycles. The largest absolute Gasteiger partial charge is 0.497 e. The van der Waals surface area contributed by atoms with Crippen LogP contribution in [0.25, 0.3) is 10.3 Å². The molecule has 3 aromatic rings. The number of aromatic nitrogens is 3. The number of fused-ring (bicyclic) bond motifs is 1. The number of anilines is 2. The monoisotopic (exact) mass is 459 g/mol. The Labute approximate surface area is 189 Å². The third-order valence-corrected chi connectivity index (χ3v) is 7.45. The molecule has 0 radical (unpaired) electrons. The van der Waals surface area contributed by atoms with Crippen LogP contribution in [0.1, 0.15) is 19.8 Å². The SMILES string of the molecule is COc1ccc(OC)c(NC(=O)CSc2ncnc3nc(N4CCC(C)CC4)sc23)c1. The Hall–Kier alpha value is -2.59. The van der Waals surface area contributed by atoms with Gasteiger partial charge in [0.2, 0.25) is 5.91 Å². The highest BCUT2D eigenvalue weighted by Gasteiger charge is 2.21. The van der Waals surface area contributed by atoms with Gasteiger partial charge in [0.25, 0.3) is 0 Å². The van der Waals surface area contributed by atoms with Crippen LogP contribution in [0.2, 0.25) is 0 Å². The number of benzene rings is 1. The van der Waals surface area contributed by atoms with Gasteiger partial charge in [-0.05, 0) is 30.9 Å². The number of methoxy groups -OCH3 is 2. The molecule has 164 valence electrons. The molecule has 31 heavy (non-hydrogen) atoms. The first-order chi connectivity index (χ1) is 15.1. The maximum absolute atomic E-state index is 12.6. The maximum atomic E-state index is 12.6. The van der Waals surface area contributed by atoms with Gasteiger partial charge < -0.3 is 19.7 Å². The van der Waals surface area contributed by atoms with E-state index in [4.69, 9.17) is 14.5 Å². The van der Waals surface area contributed by atoms with Crippen molar-refractivity contribution in [3.05, 3.63) is 24.5 Å². The zero-order valence-electron chi connectivity index (χ0n) is 17.8. The highest BCUT2D eigenvalue weighted by Crippen LogP contribution is 2.35. The molecule has 1 aliphatic rings. The number of carbonyl (C=O) groups excluding carboxylic acids is 1. The summed E-state index contributed by atoms with van der Waals surface area (Å²) in [6.45, 7) is 4.32. The molecule has 0 atom stereocenters. The average molecular weight is 460 g/mol. The van der Waals surface area contributed by atoms with E-state index in [9.17, 15) is 4.79 Å². The van der Waals surface area contributed by atoms with E-state index in [1.165, 1.54) is 30.9 Å². The van der Waals surface area contributed by atoms with Crippen LogP contribution in [0.15, 0.2) is 29.6 Å². The number of nitrogens with one attached hydrogen (secondary N) is 1. The van der Waals surface area contributed by atoms with Crippen molar-refractivity contribution in [2.24, 2.45) is 5.92 Å². The molecular weight excluding hydrogens is 434 g/mol. The van der Waals surface area contributed by atoms with Crippen molar-refractivity contribution >= 4 is 50.2 Å². The van der Waals surface area contributed by atoms with Crippen LogP contribution in [0.5, 0.6) is 11.5 Å². The Kier molecular flexibility index (Phi) is 6.77. The fourth-order valence-corrected chi connectivity index (χ4v) is 5.33. The number of ether oxygens (including phenoxy) is 2. The van der Waals surface area contributed by atoms with E-state index in [2.05, 4.69) is 27.1 Å². The van der Waals surface area contributed by atoms with Gasteiger partial charge in [-0.15, -0.1) is 0 Å².